The monoisotopic (exact) mass is 403 g/mol. The van der Waals surface area contributed by atoms with Crippen LogP contribution in [0.2, 0.25) is 0 Å². The molecule has 1 aromatic carbocycles. The molecule has 2 aliphatic heterocycles. The van der Waals surface area contributed by atoms with Gasteiger partial charge in [0.15, 0.2) is 11.5 Å². The van der Waals surface area contributed by atoms with Crippen molar-refractivity contribution in [2.75, 3.05) is 60.2 Å². The topological polar surface area (TPSA) is 73.6 Å². The molecule has 0 aliphatic carbocycles. The molecular weight excluding hydrogens is 374 g/mol. The van der Waals surface area contributed by atoms with Crippen LogP contribution in [-0.2, 0) is 4.74 Å². The minimum absolute atomic E-state index is 0.0568. The van der Waals surface area contributed by atoms with Crippen LogP contribution in [-0.4, -0.2) is 77.1 Å². The maximum absolute atomic E-state index is 12.8. The number of carbonyl (C=O) groups excluding carboxylic acids is 1. The number of hydrogen-bond acceptors (Lipinski definition) is 6. The van der Waals surface area contributed by atoms with Crippen LogP contribution in [0.1, 0.15) is 23.2 Å². The Morgan fingerprint density at radius 1 is 1.31 bits per heavy atom. The van der Waals surface area contributed by atoms with Crippen molar-refractivity contribution in [3.8, 4) is 17.2 Å². The summed E-state index contributed by atoms with van der Waals surface area (Å²) in [4.78, 5) is 18.6. The van der Waals surface area contributed by atoms with Gasteiger partial charge in [-0.25, -0.2) is 6.57 Å². The molecule has 0 unspecified atom stereocenters. The summed E-state index contributed by atoms with van der Waals surface area (Å²) in [6.07, 6.45) is 1.88. The zero-order valence-electron chi connectivity index (χ0n) is 17.1. The molecule has 0 aromatic heterocycles. The quantitative estimate of drug-likeness (QED) is 0.528. The van der Waals surface area contributed by atoms with Crippen LogP contribution >= 0.6 is 0 Å². The van der Waals surface area contributed by atoms with Crippen LogP contribution in [0.5, 0.6) is 17.2 Å². The van der Waals surface area contributed by atoms with E-state index in [9.17, 15) is 4.79 Å². The molecule has 0 saturated carbocycles. The molecule has 29 heavy (non-hydrogen) atoms. The molecule has 0 bridgehead atoms. The van der Waals surface area contributed by atoms with Gasteiger partial charge in [-0.2, -0.15) is 0 Å². The summed E-state index contributed by atoms with van der Waals surface area (Å²) in [6.45, 7) is 11.5. The fourth-order valence-corrected chi connectivity index (χ4v) is 3.88. The molecule has 2 heterocycles. The van der Waals surface area contributed by atoms with Gasteiger partial charge in [0.05, 0.1) is 18.8 Å². The summed E-state index contributed by atoms with van der Waals surface area (Å²) in [6, 6.07) is 3.43. The Hall–Kier alpha value is -2.50. The number of nitrogens with zero attached hydrogens (tertiary/aromatic N) is 2. The summed E-state index contributed by atoms with van der Waals surface area (Å²) in [5.74, 6) is 1.53. The van der Waals surface area contributed by atoms with Gasteiger partial charge in [-0.15, -0.1) is 0 Å². The number of rotatable bonds is 8. The summed E-state index contributed by atoms with van der Waals surface area (Å²) >= 11 is 0. The third-order valence-corrected chi connectivity index (χ3v) is 5.47. The summed E-state index contributed by atoms with van der Waals surface area (Å²) in [5.41, 5.74) is 0.450. The second kappa shape index (κ2) is 10.3. The normalized spacial score (nSPS) is 21.3. The van der Waals surface area contributed by atoms with Gasteiger partial charge in [0.25, 0.3) is 5.91 Å². The molecule has 8 heteroatoms. The van der Waals surface area contributed by atoms with Crippen molar-refractivity contribution in [3.05, 3.63) is 29.1 Å². The maximum Gasteiger partial charge on any atom is 0.255 e. The first-order valence-electron chi connectivity index (χ1n) is 10.0. The summed E-state index contributed by atoms with van der Waals surface area (Å²) in [5, 5.41) is 3.03. The second-order valence-electron chi connectivity index (χ2n) is 7.24. The van der Waals surface area contributed by atoms with E-state index in [4.69, 9.17) is 25.5 Å². The smallest absolute Gasteiger partial charge is 0.255 e. The van der Waals surface area contributed by atoms with E-state index >= 15 is 0 Å². The number of ether oxygens (including phenoxy) is 4. The molecule has 2 aliphatic rings. The summed E-state index contributed by atoms with van der Waals surface area (Å²) < 4.78 is 22.3. The highest BCUT2D eigenvalue weighted by atomic mass is 16.6. The predicted octanol–water partition coefficient (Wildman–Crippen LogP) is 1.84. The van der Waals surface area contributed by atoms with Gasteiger partial charge in [0.2, 0.25) is 12.3 Å². The first-order valence-corrected chi connectivity index (χ1v) is 10.0. The maximum atomic E-state index is 12.8. The number of methoxy groups -OCH3 is 2. The molecule has 1 N–H and O–H groups in total. The minimum atomic E-state index is -0.191. The Morgan fingerprint density at radius 2 is 2.10 bits per heavy atom. The van der Waals surface area contributed by atoms with Crippen molar-refractivity contribution in [3.63, 3.8) is 0 Å². The molecule has 0 spiro atoms. The van der Waals surface area contributed by atoms with Gasteiger partial charge in [-0.05, 0) is 25.1 Å². The molecule has 158 valence electrons. The van der Waals surface area contributed by atoms with Crippen molar-refractivity contribution in [2.24, 2.45) is 5.92 Å². The number of amides is 1. The van der Waals surface area contributed by atoms with Crippen molar-refractivity contribution >= 4 is 5.91 Å². The fraction of sp³-hybridized carbons (Fsp3) is 0.619. The van der Waals surface area contributed by atoms with Crippen LogP contribution in [0.4, 0.5) is 0 Å². The lowest BCUT2D eigenvalue weighted by Gasteiger charge is -2.37. The first kappa shape index (κ1) is 21.2. The van der Waals surface area contributed by atoms with Gasteiger partial charge in [0, 0.05) is 39.1 Å². The van der Waals surface area contributed by atoms with Crippen molar-refractivity contribution in [1.29, 1.82) is 0 Å². The van der Waals surface area contributed by atoms with E-state index in [2.05, 4.69) is 15.1 Å². The van der Waals surface area contributed by atoms with E-state index in [1.165, 1.54) is 0 Å². The van der Waals surface area contributed by atoms with Gasteiger partial charge in [-0.1, -0.05) is 0 Å². The van der Waals surface area contributed by atoms with Crippen LogP contribution in [0.15, 0.2) is 12.1 Å². The summed E-state index contributed by atoms with van der Waals surface area (Å²) in [7, 11) is 3.28. The highest BCUT2D eigenvalue weighted by Gasteiger charge is 2.30. The standard InChI is InChI=1S/C21H29N3O5/c1-22-8-4-9-24-10-7-15(18(14-24)27-3)13-23-21(25)16-5-6-17(26-2)20-19(16)28-11-12-29-20/h5-6,15,18H,4,7-14H2,2-3H3,(H,23,25)/t15-,18+/m0/s1. The Balaban J connectivity index is 1.59. The largest absolute Gasteiger partial charge is 0.493 e. The minimum Gasteiger partial charge on any atom is -0.493 e. The highest BCUT2D eigenvalue weighted by molar-refractivity contribution is 5.98. The Labute approximate surface area is 171 Å². The van der Waals surface area contributed by atoms with Gasteiger partial charge in [-0.3, -0.25) is 4.79 Å². The number of hydrogen-bond donors (Lipinski definition) is 1. The van der Waals surface area contributed by atoms with E-state index in [0.29, 0.717) is 49.1 Å². The van der Waals surface area contributed by atoms with Crippen LogP contribution in [0.3, 0.4) is 0 Å². The first-order chi connectivity index (χ1) is 14.2. The van der Waals surface area contributed by atoms with E-state index < -0.39 is 0 Å². The van der Waals surface area contributed by atoms with Crippen LogP contribution in [0, 0.1) is 12.5 Å². The Morgan fingerprint density at radius 3 is 2.83 bits per heavy atom. The van der Waals surface area contributed by atoms with Crippen LogP contribution < -0.4 is 19.5 Å². The zero-order valence-corrected chi connectivity index (χ0v) is 17.1. The third kappa shape index (κ3) is 5.11. The molecule has 2 atom stereocenters. The van der Waals surface area contributed by atoms with Crippen molar-refractivity contribution in [2.45, 2.75) is 18.9 Å². The van der Waals surface area contributed by atoms with E-state index in [-0.39, 0.29) is 17.9 Å². The molecule has 8 nitrogen and oxygen atoms in total. The molecule has 1 fully saturated rings. The van der Waals surface area contributed by atoms with E-state index in [1.807, 2.05) is 0 Å². The number of likely N-dealkylation sites (tertiary alicyclic amines) is 1. The van der Waals surface area contributed by atoms with Gasteiger partial charge < -0.3 is 34.0 Å². The molecule has 1 aromatic rings. The molecule has 1 saturated heterocycles. The van der Waals surface area contributed by atoms with Crippen LogP contribution in [0.25, 0.3) is 4.85 Å². The molecule has 1 amide bonds. The van der Waals surface area contributed by atoms with E-state index in [0.717, 1.165) is 32.5 Å². The molecule has 3 rings (SSSR count). The SMILES string of the molecule is [C-]#[N+]CCCN1CC[C@@H](CNC(=O)c2ccc(OC)c3c2OCCO3)[C@H](OC)C1. The van der Waals surface area contributed by atoms with Crippen molar-refractivity contribution in [1.82, 2.24) is 10.2 Å². The molecule has 0 radical (unpaired) electrons. The Kier molecular flexibility index (Phi) is 7.55. The third-order valence-electron chi connectivity index (χ3n) is 5.47. The number of piperidine rings is 1. The molecular formula is C21H29N3O5. The van der Waals surface area contributed by atoms with Gasteiger partial charge >= 0.3 is 0 Å². The average molecular weight is 403 g/mol. The lowest BCUT2D eigenvalue weighted by Crippen LogP contribution is -2.48. The van der Waals surface area contributed by atoms with Crippen molar-refractivity contribution < 1.29 is 23.7 Å². The zero-order chi connectivity index (χ0) is 20.6. The Bertz CT molecular complexity index is 749. The lowest BCUT2D eigenvalue weighted by atomic mass is 9.93. The average Bonchev–Trinajstić information content (AvgIpc) is 2.77. The number of benzene rings is 1. The van der Waals surface area contributed by atoms with E-state index in [1.54, 1.807) is 26.4 Å². The number of carbonyl (C=O) groups is 1. The predicted molar refractivity (Wildman–Crippen MR) is 108 cm³/mol. The highest BCUT2D eigenvalue weighted by Crippen LogP contribution is 2.41. The van der Waals surface area contributed by atoms with Gasteiger partial charge in [0.1, 0.15) is 13.2 Å². The second-order valence-corrected chi connectivity index (χ2v) is 7.24. The fourth-order valence-electron chi connectivity index (χ4n) is 3.88. The number of fused-ring (bicyclic) bond motifs is 1. The lowest BCUT2D eigenvalue weighted by molar-refractivity contribution is -0.0103. The number of nitrogens with one attached hydrogen (secondary N) is 1.